The molecule has 3 unspecified atom stereocenters. The molecule has 9 nitrogen and oxygen atoms in total. The molecular weight excluding hydrogens is 466 g/mol. The van der Waals surface area contributed by atoms with Gasteiger partial charge in [-0.25, -0.2) is 4.79 Å². The molecule has 1 aromatic rings. The predicted molar refractivity (Wildman–Crippen MR) is 135 cm³/mol. The molecule has 0 amide bonds. The Balaban J connectivity index is 3.45. The van der Waals surface area contributed by atoms with Crippen LogP contribution >= 0.6 is 0 Å². The standard InChI is InChI=1S/C27H41NO8/c1-8-11-17(4)24(30)34-22-14-13-21(15-23(22)35-25(31)18(5)12-9-2)16-27(26(32)33,36-20(7)29)28-19(6)10-3/h13-15,17-19,28H,8-12,16H2,1-7H3,(H,32,33)/t17?,18?,19?,27-/m0/s1. The summed E-state index contributed by atoms with van der Waals surface area (Å²) in [6.07, 6.45) is 3.21. The molecule has 2 N–H and O–H groups in total. The quantitative estimate of drug-likeness (QED) is 0.198. The summed E-state index contributed by atoms with van der Waals surface area (Å²) in [5, 5.41) is 12.9. The molecule has 0 bridgehead atoms. The molecule has 0 fully saturated rings. The third-order valence-electron chi connectivity index (χ3n) is 5.89. The zero-order valence-corrected chi connectivity index (χ0v) is 22.5. The van der Waals surface area contributed by atoms with E-state index < -0.39 is 29.6 Å². The van der Waals surface area contributed by atoms with Crippen LogP contribution in [0.5, 0.6) is 11.5 Å². The smallest absolute Gasteiger partial charge is 0.364 e. The van der Waals surface area contributed by atoms with E-state index in [9.17, 15) is 24.3 Å². The molecule has 9 heteroatoms. The number of nitrogens with one attached hydrogen (secondary N) is 1. The lowest BCUT2D eigenvalue weighted by Crippen LogP contribution is -2.59. The highest BCUT2D eigenvalue weighted by Gasteiger charge is 2.43. The lowest BCUT2D eigenvalue weighted by molar-refractivity contribution is -0.183. The molecular formula is C27H41NO8. The van der Waals surface area contributed by atoms with Crippen molar-refractivity contribution in [2.75, 3.05) is 0 Å². The Morgan fingerprint density at radius 2 is 1.44 bits per heavy atom. The van der Waals surface area contributed by atoms with Crippen LogP contribution in [0.15, 0.2) is 18.2 Å². The van der Waals surface area contributed by atoms with Crippen molar-refractivity contribution in [2.24, 2.45) is 11.8 Å². The van der Waals surface area contributed by atoms with Gasteiger partial charge in [-0.05, 0) is 43.9 Å². The zero-order chi connectivity index (χ0) is 27.5. The van der Waals surface area contributed by atoms with E-state index in [0.29, 0.717) is 24.8 Å². The molecule has 0 aliphatic rings. The van der Waals surface area contributed by atoms with Gasteiger partial charge in [0.05, 0.1) is 11.8 Å². The van der Waals surface area contributed by atoms with Crippen molar-refractivity contribution in [2.45, 2.75) is 98.8 Å². The third-order valence-corrected chi connectivity index (χ3v) is 5.89. The number of rotatable bonds is 15. The summed E-state index contributed by atoms with van der Waals surface area (Å²) in [5.41, 5.74) is -1.63. The zero-order valence-electron chi connectivity index (χ0n) is 22.5. The van der Waals surface area contributed by atoms with Crippen LogP contribution in [0.25, 0.3) is 0 Å². The van der Waals surface area contributed by atoms with Gasteiger partial charge in [-0.1, -0.05) is 53.5 Å². The Labute approximate surface area is 213 Å². The van der Waals surface area contributed by atoms with E-state index in [2.05, 4.69) is 5.32 Å². The SMILES string of the molecule is CCCC(C)C(=O)Oc1ccc(C[C@](NC(C)CC)(OC(C)=O)C(=O)O)cc1OC(=O)C(C)CCC. The average molecular weight is 508 g/mol. The molecule has 202 valence electrons. The lowest BCUT2D eigenvalue weighted by Gasteiger charge is -2.32. The van der Waals surface area contributed by atoms with Crippen LogP contribution in [0.3, 0.4) is 0 Å². The summed E-state index contributed by atoms with van der Waals surface area (Å²) in [7, 11) is 0. The number of ether oxygens (including phenoxy) is 3. The van der Waals surface area contributed by atoms with Crippen molar-refractivity contribution >= 4 is 23.9 Å². The van der Waals surface area contributed by atoms with Gasteiger partial charge in [0.2, 0.25) is 0 Å². The average Bonchev–Trinajstić information content (AvgIpc) is 2.80. The number of carbonyl (C=O) groups is 4. The second-order valence-electron chi connectivity index (χ2n) is 9.36. The molecule has 0 saturated heterocycles. The molecule has 36 heavy (non-hydrogen) atoms. The van der Waals surface area contributed by atoms with Crippen LogP contribution in [0.2, 0.25) is 0 Å². The van der Waals surface area contributed by atoms with Crippen molar-refractivity contribution in [3.05, 3.63) is 23.8 Å². The fourth-order valence-electron chi connectivity index (χ4n) is 3.68. The molecule has 1 rings (SSSR count). The Morgan fingerprint density at radius 1 is 0.917 bits per heavy atom. The van der Waals surface area contributed by atoms with Crippen LogP contribution in [0.4, 0.5) is 0 Å². The van der Waals surface area contributed by atoms with Gasteiger partial charge >= 0.3 is 23.9 Å². The number of hydrogen-bond donors (Lipinski definition) is 2. The Morgan fingerprint density at radius 3 is 1.89 bits per heavy atom. The second-order valence-corrected chi connectivity index (χ2v) is 9.36. The highest BCUT2D eigenvalue weighted by atomic mass is 16.6. The molecule has 0 aromatic heterocycles. The summed E-state index contributed by atoms with van der Waals surface area (Å²) in [6, 6.07) is 4.19. The van der Waals surface area contributed by atoms with Gasteiger partial charge in [-0.15, -0.1) is 0 Å². The molecule has 0 aliphatic carbocycles. The summed E-state index contributed by atoms with van der Waals surface area (Å²) < 4.78 is 16.4. The highest BCUT2D eigenvalue weighted by molar-refractivity contribution is 5.82. The molecule has 4 atom stereocenters. The molecule has 0 aliphatic heterocycles. The van der Waals surface area contributed by atoms with E-state index in [0.717, 1.165) is 19.8 Å². The van der Waals surface area contributed by atoms with Crippen LogP contribution in [0.1, 0.15) is 86.1 Å². The van der Waals surface area contributed by atoms with E-state index in [-0.39, 0.29) is 35.8 Å². The van der Waals surface area contributed by atoms with Crippen molar-refractivity contribution in [3.63, 3.8) is 0 Å². The summed E-state index contributed by atoms with van der Waals surface area (Å²) in [4.78, 5) is 49.3. The van der Waals surface area contributed by atoms with Crippen molar-refractivity contribution < 1.29 is 38.5 Å². The second kappa shape index (κ2) is 14.6. The fourth-order valence-corrected chi connectivity index (χ4v) is 3.68. The predicted octanol–water partition coefficient (Wildman–Crippen LogP) is 4.64. The molecule has 0 heterocycles. The lowest BCUT2D eigenvalue weighted by atomic mass is 10.00. The molecule has 0 spiro atoms. The Hall–Kier alpha value is -2.94. The normalized spacial score (nSPS) is 15.2. The van der Waals surface area contributed by atoms with Gasteiger partial charge in [0.1, 0.15) is 0 Å². The van der Waals surface area contributed by atoms with Gasteiger partial charge in [-0.2, -0.15) is 0 Å². The molecule has 0 radical (unpaired) electrons. The topological polar surface area (TPSA) is 128 Å². The highest BCUT2D eigenvalue weighted by Crippen LogP contribution is 2.32. The van der Waals surface area contributed by atoms with Gasteiger partial charge in [-0.3, -0.25) is 19.7 Å². The monoisotopic (exact) mass is 507 g/mol. The first-order chi connectivity index (χ1) is 16.9. The van der Waals surface area contributed by atoms with Crippen molar-refractivity contribution in [1.82, 2.24) is 5.32 Å². The van der Waals surface area contributed by atoms with Crippen LogP contribution in [-0.2, 0) is 30.3 Å². The number of esters is 3. The van der Waals surface area contributed by atoms with E-state index >= 15 is 0 Å². The van der Waals surface area contributed by atoms with Crippen molar-refractivity contribution in [1.29, 1.82) is 0 Å². The Bertz CT molecular complexity index is 915. The van der Waals surface area contributed by atoms with Crippen molar-refractivity contribution in [3.8, 4) is 11.5 Å². The number of aliphatic carboxylic acids is 1. The van der Waals surface area contributed by atoms with Crippen LogP contribution in [0, 0.1) is 11.8 Å². The first-order valence-corrected chi connectivity index (χ1v) is 12.7. The third kappa shape index (κ3) is 9.26. The van der Waals surface area contributed by atoms with Gasteiger partial charge in [0, 0.05) is 19.4 Å². The summed E-state index contributed by atoms with van der Waals surface area (Å²) >= 11 is 0. The number of carbonyl (C=O) groups excluding carboxylic acids is 3. The summed E-state index contributed by atoms with van der Waals surface area (Å²) in [6.45, 7) is 12.2. The maximum Gasteiger partial charge on any atom is 0.364 e. The number of benzene rings is 1. The van der Waals surface area contributed by atoms with Gasteiger partial charge in [0.25, 0.3) is 5.72 Å². The largest absolute Gasteiger partial charge is 0.477 e. The molecule has 1 aromatic carbocycles. The number of carboxylic acids is 1. The first-order valence-electron chi connectivity index (χ1n) is 12.7. The minimum absolute atomic E-state index is 0.00292. The van der Waals surface area contributed by atoms with Gasteiger partial charge < -0.3 is 19.3 Å². The maximum atomic E-state index is 12.7. The van der Waals surface area contributed by atoms with E-state index in [1.54, 1.807) is 26.8 Å². The fraction of sp³-hybridized carbons (Fsp3) is 0.630. The minimum atomic E-state index is -2.04. The summed E-state index contributed by atoms with van der Waals surface area (Å²) in [5.74, 6) is -3.74. The van der Waals surface area contributed by atoms with E-state index in [1.807, 2.05) is 20.8 Å². The number of hydrogen-bond acceptors (Lipinski definition) is 8. The van der Waals surface area contributed by atoms with E-state index in [1.165, 1.54) is 12.1 Å². The Kier molecular flexibility index (Phi) is 12.6. The maximum absolute atomic E-state index is 12.7. The minimum Gasteiger partial charge on any atom is -0.477 e. The van der Waals surface area contributed by atoms with E-state index in [4.69, 9.17) is 14.2 Å². The molecule has 0 saturated carbocycles. The number of carboxylic acid groups (broad SMARTS) is 1. The van der Waals surface area contributed by atoms with Crippen LogP contribution < -0.4 is 14.8 Å². The van der Waals surface area contributed by atoms with Gasteiger partial charge in [0.15, 0.2) is 11.5 Å². The first kappa shape index (κ1) is 31.1. The van der Waals surface area contributed by atoms with Crippen LogP contribution in [-0.4, -0.2) is 40.8 Å².